The van der Waals surface area contributed by atoms with E-state index in [2.05, 4.69) is 4.74 Å². The van der Waals surface area contributed by atoms with Crippen molar-refractivity contribution in [3.63, 3.8) is 0 Å². The first-order valence-corrected chi connectivity index (χ1v) is 9.13. The molecule has 27 heavy (non-hydrogen) atoms. The fraction of sp³-hybridized carbons (Fsp3) is 0.235. The van der Waals surface area contributed by atoms with Crippen LogP contribution in [0, 0.1) is 17.0 Å². The molecule has 144 valence electrons. The monoisotopic (exact) mass is 394 g/mol. The van der Waals surface area contributed by atoms with Gasteiger partial charge in [-0.25, -0.2) is 8.42 Å². The highest BCUT2D eigenvalue weighted by Crippen LogP contribution is 2.29. The molecule has 0 N–H and O–H groups in total. The van der Waals surface area contributed by atoms with E-state index in [0.29, 0.717) is 11.3 Å². The molecular formula is C17H18N2O7S. The Morgan fingerprint density at radius 1 is 1.15 bits per heavy atom. The van der Waals surface area contributed by atoms with Gasteiger partial charge in [-0.05, 0) is 37.3 Å². The van der Waals surface area contributed by atoms with Crippen LogP contribution >= 0.6 is 0 Å². The van der Waals surface area contributed by atoms with Gasteiger partial charge in [0.1, 0.15) is 12.3 Å². The number of benzene rings is 2. The number of methoxy groups -OCH3 is 2. The Kier molecular flexibility index (Phi) is 6.01. The minimum atomic E-state index is -4.26. The van der Waals surface area contributed by atoms with Crippen LogP contribution in [0.15, 0.2) is 47.4 Å². The highest BCUT2D eigenvalue weighted by atomic mass is 32.2. The maximum absolute atomic E-state index is 13.1. The van der Waals surface area contributed by atoms with Gasteiger partial charge in [-0.3, -0.25) is 19.2 Å². The van der Waals surface area contributed by atoms with Crippen molar-refractivity contribution in [1.82, 2.24) is 0 Å². The second-order valence-corrected chi connectivity index (χ2v) is 7.35. The van der Waals surface area contributed by atoms with Gasteiger partial charge in [-0.1, -0.05) is 6.07 Å². The Bertz CT molecular complexity index is 956. The van der Waals surface area contributed by atoms with Gasteiger partial charge in [0.25, 0.3) is 15.7 Å². The lowest BCUT2D eigenvalue weighted by molar-refractivity contribution is -0.385. The number of hydrogen-bond acceptors (Lipinski definition) is 7. The first-order chi connectivity index (χ1) is 12.7. The van der Waals surface area contributed by atoms with E-state index in [1.165, 1.54) is 50.4 Å². The Morgan fingerprint density at radius 2 is 1.78 bits per heavy atom. The molecule has 0 saturated carbocycles. The molecule has 0 unspecified atom stereocenters. The molecule has 0 radical (unpaired) electrons. The average Bonchev–Trinajstić information content (AvgIpc) is 2.65. The summed E-state index contributed by atoms with van der Waals surface area (Å²) >= 11 is 0. The van der Waals surface area contributed by atoms with Gasteiger partial charge in [0.05, 0.1) is 29.7 Å². The quantitative estimate of drug-likeness (QED) is 0.402. The molecule has 0 aliphatic carbocycles. The van der Waals surface area contributed by atoms with E-state index < -0.39 is 27.5 Å². The van der Waals surface area contributed by atoms with Crippen molar-refractivity contribution < 1.29 is 27.6 Å². The predicted octanol–water partition coefficient (Wildman–Crippen LogP) is 2.28. The molecule has 0 amide bonds. The summed E-state index contributed by atoms with van der Waals surface area (Å²) < 4.78 is 36.6. The highest BCUT2D eigenvalue weighted by molar-refractivity contribution is 7.92. The zero-order valence-electron chi connectivity index (χ0n) is 14.9. The molecule has 0 aromatic heterocycles. The zero-order chi connectivity index (χ0) is 20.2. The van der Waals surface area contributed by atoms with Crippen LogP contribution in [0.5, 0.6) is 5.75 Å². The summed E-state index contributed by atoms with van der Waals surface area (Å²) in [4.78, 5) is 21.9. The number of nitrogens with zero attached hydrogens (tertiary/aromatic N) is 2. The van der Waals surface area contributed by atoms with Gasteiger partial charge in [0.2, 0.25) is 0 Å². The van der Waals surface area contributed by atoms with Crippen molar-refractivity contribution in [2.24, 2.45) is 0 Å². The summed E-state index contributed by atoms with van der Waals surface area (Å²) in [7, 11) is -1.67. The van der Waals surface area contributed by atoms with E-state index in [0.717, 1.165) is 17.5 Å². The number of hydrogen-bond donors (Lipinski definition) is 0. The molecule has 2 aromatic rings. The number of esters is 1. The third-order valence-corrected chi connectivity index (χ3v) is 5.60. The highest BCUT2D eigenvalue weighted by Gasteiger charge is 2.29. The molecule has 0 aliphatic rings. The fourth-order valence-electron chi connectivity index (χ4n) is 2.32. The van der Waals surface area contributed by atoms with Crippen molar-refractivity contribution in [1.29, 1.82) is 0 Å². The van der Waals surface area contributed by atoms with Crippen LogP contribution in [-0.4, -0.2) is 40.1 Å². The third kappa shape index (κ3) is 4.34. The lowest BCUT2D eigenvalue weighted by Crippen LogP contribution is -2.36. The summed E-state index contributed by atoms with van der Waals surface area (Å²) in [5.74, 6) is -0.281. The number of ether oxygens (including phenoxy) is 2. The van der Waals surface area contributed by atoms with E-state index in [1.54, 1.807) is 0 Å². The number of anilines is 1. The summed E-state index contributed by atoms with van der Waals surface area (Å²) in [5, 5.41) is 11.1. The van der Waals surface area contributed by atoms with Gasteiger partial charge >= 0.3 is 5.97 Å². The van der Waals surface area contributed by atoms with Gasteiger partial charge in [-0.2, -0.15) is 0 Å². The SMILES string of the molecule is COC(=O)CN(c1ccc(OC)cc1)S(=O)(=O)c1ccc(C)c([N+](=O)[O-])c1. The minimum absolute atomic E-state index is 0.185. The summed E-state index contributed by atoms with van der Waals surface area (Å²) in [5.41, 5.74) is 0.177. The number of carbonyl (C=O) groups is 1. The second kappa shape index (κ2) is 8.04. The first-order valence-electron chi connectivity index (χ1n) is 7.69. The molecule has 0 saturated heterocycles. The standard InChI is InChI=1S/C17H18N2O7S/c1-12-4-9-15(10-16(12)19(21)22)27(23,24)18(11-17(20)26-3)13-5-7-14(25-2)8-6-13/h4-10H,11H2,1-3H3. The molecule has 0 heterocycles. The van der Waals surface area contributed by atoms with Crippen LogP contribution < -0.4 is 9.04 Å². The lowest BCUT2D eigenvalue weighted by Gasteiger charge is -2.23. The molecule has 0 atom stereocenters. The van der Waals surface area contributed by atoms with Crippen molar-refractivity contribution in [3.05, 3.63) is 58.1 Å². The number of aryl methyl sites for hydroxylation is 1. The third-order valence-electron chi connectivity index (χ3n) is 3.83. The molecule has 0 fully saturated rings. The maximum Gasteiger partial charge on any atom is 0.326 e. The van der Waals surface area contributed by atoms with Crippen LogP contribution in [-0.2, 0) is 19.6 Å². The first kappa shape index (κ1) is 20.2. The number of carbonyl (C=O) groups excluding carboxylic acids is 1. The molecule has 0 aliphatic heterocycles. The number of nitro groups is 1. The summed E-state index contributed by atoms with van der Waals surface area (Å²) in [6, 6.07) is 9.56. The average molecular weight is 394 g/mol. The van der Waals surface area contributed by atoms with E-state index in [-0.39, 0.29) is 16.3 Å². The predicted molar refractivity (Wildman–Crippen MR) is 97.4 cm³/mol. The zero-order valence-corrected chi connectivity index (χ0v) is 15.7. The molecule has 2 aromatic carbocycles. The molecule has 0 bridgehead atoms. The largest absolute Gasteiger partial charge is 0.497 e. The molecule has 2 rings (SSSR count). The van der Waals surface area contributed by atoms with Crippen molar-refractivity contribution in [2.45, 2.75) is 11.8 Å². The van der Waals surface area contributed by atoms with Crippen LogP contribution in [0.4, 0.5) is 11.4 Å². The van der Waals surface area contributed by atoms with Crippen molar-refractivity contribution in [2.75, 3.05) is 25.1 Å². The van der Waals surface area contributed by atoms with E-state index in [1.807, 2.05) is 0 Å². The Hall–Kier alpha value is -3.14. The van der Waals surface area contributed by atoms with Crippen LogP contribution in [0.2, 0.25) is 0 Å². The number of rotatable bonds is 7. The maximum atomic E-state index is 13.1. The number of nitro benzene ring substituents is 1. The van der Waals surface area contributed by atoms with Gasteiger partial charge in [-0.15, -0.1) is 0 Å². The Morgan fingerprint density at radius 3 is 2.30 bits per heavy atom. The summed E-state index contributed by atoms with van der Waals surface area (Å²) in [6.45, 7) is 0.914. The van der Waals surface area contributed by atoms with Gasteiger partial charge in [0.15, 0.2) is 0 Å². The molecule has 9 nitrogen and oxygen atoms in total. The molecule has 10 heteroatoms. The van der Waals surface area contributed by atoms with Crippen molar-refractivity contribution >= 4 is 27.4 Å². The van der Waals surface area contributed by atoms with Crippen LogP contribution in [0.25, 0.3) is 0 Å². The Balaban J connectivity index is 2.57. The normalized spacial score (nSPS) is 10.9. The molecule has 0 spiro atoms. The van der Waals surface area contributed by atoms with Crippen molar-refractivity contribution in [3.8, 4) is 5.75 Å². The molecular weight excluding hydrogens is 376 g/mol. The van der Waals surface area contributed by atoms with Crippen LogP contribution in [0.3, 0.4) is 0 Å². The van der Waals surface area contributed by atoms with Gasteiger partial charge < -0.3 is 9.47 Å². The van der Waals surface area contributed by atoms with Gasteiger partial charge in [0, 0.05) is 11.6 Å². The fourth-order valence-corrected chi connectivity index (χ4v) is 3.75. The van der Waals surface area contributed by atoms with E-state index in [9.17, 15) is 23.3 Å². The topological polar surface area (TPSA) is 116 Å². The lowest BCUT2D eigenvalue weighted by atomic mass is 10.2. The van der Waals surface area contributed by atoms with Crippen LogP contribution in [0.1, 0.15) is 5.56 Å². The summed E-state index contributed by atoms with van der Waals surface area (Å²) in [6.07, 6.45) is 0. The van der Waals surface area contributed by atoms with E-state index >= 15 is 0 Å². The minimum Gasteiger partial charge on any atom is -0.497 e. The second-order valence-electron chi connectivity index (χ2n) is 5.49. The Labute approximate surface area is 156 Å². The number of sulfonamides is 1. The van der Waals surface area contributed by atoms with E-state index in [4.69, 9.17) is 4.74 Å². The smallest absolute Gasteiger partial charge is 0.326 e.